The highest BCUT2D eigenvalue weighted by Crippen LogP contribution is 2.27. The number of benzene rings is 1. The van der Waals surface area contributed by atoms with Crippen LogP contribution in [0.25, 0.3) is 11.0 Å². The van der Waals surface area contributed by atoms with Crippen LogP contribution >= 0.6 is 0 Å². The second-order valence-corrected chi connectivity index (χ2v) is 8.40. The van der Waals surface area contributed by atoms with E-state index in [9.17, 15) is 18.4 Å². The van der Waals surface area contributed by atoms with Gasteiger partial charge in [0, 0.05) is 50.9 Å². The summed E-state index contributed by atoms with van der Waals surface area (Å²) >= 11 is 0. The number of nitrogen functional groups attached to an aromatic ring is 1. The number of nitrogens with two attached hydrogens (primary N) is 2. The van der Waals surface area contributed by atoms with Crippen molar-refractivity contribution in [3.05, 3.63) is 51.8 Å². The molecule has 1 aliphatic heterocycles. The molecular weight excluding hydrogens is 444 g/mol. The van der Waals surface area contributed by atoms with E-state index in [0.29, 0.717) is 25.3 Å². The number of nitrogens with one attached hydrogen (secondary N) is 1. The van der Waals surface area contributed by atoms with E-state index in [-0.39, 0.29) is 35.6 Å². The van der Waals surface area contributed by atoms with Crippen LogP contribution < -0.4 is 22.2 Å². The molecule has 3 heterocycles. The minimum absolute atomic E-state index is 0.0288. The summed E-state index contributed by atoms with van der Waals surface area (Å²) in [4.78, 5) is 35.0. The van der Waals surface area contributed by atoms with E-state index in [1.165, 1.54) is 6.20 Å². The van der Waals surface area contributed by atoms with Gasteiger partial charge in [-0.1, -0.05) is 12.1 Å². The number of carbonyl (C=O) groups excluding carboxylic acids is 1. The summed E-state index contributed by atoms with van der Waals surface area (Å²) in [6, 6.07) is 7.68. The third-order valence-electron chi connectivity index (χ3n) is 6.12. The van der Waals surface area contributed by atoms with E-state index in [1.54, 1.807) is 4.57 Å². The van der Waals surface area contributed by atoms with Crippen molar-refractivity contribution in [1.82, 2.24) is 19.4 Å². The van der Waals surface area contributed by atoms with Gasteiger partial charge in [-0.25, -0.2) is 13.8 Å². The van der Waals surface area contributed by atoms with Crippen molar-refractivity contribution in [2.45, 2.75) is 38.7 Å². The second kappa shape index (κ2) is 9.34. The molecule has 0 aliphatic carbocycles. The number of aromatic nitrogens is 3. The lowest BCUT2D eigenvalue weighted by Crippen LogP contribution is -2.40. The maximum absolute atomic E-state index is 13.3. The van der Waals surface area contributed by atoms with Gasteiger partial charge in [0.05, 0.1) is 5.39 Å². The summed E-state index contributed by atoms with van der Waals surface area (Å²) in [5.41, 5.74) is 12.6. The molecule has 1 fully saturated rings. The topological polar surface area (TPSA) is 132 Å². The Balaban J connectivity index is 1.48. The van der Waals surface area contributed by atoms with Crippen LogP contribution in [0.2, 0.25) is 0 Å². The van der Waals surface area contributed by atoms with Crippen molar-refractivity contribution in [1.29, 1.82) is 0 Å². The standard InChI is InChI=1S/C23H27F2N7O2/c1-2-32-19(26)17(20(27)34)18(33)16-13-28-22(30-21(16)32)29-15-5-3-14(4-6-15)7-10-31-11-8-23(24,25)9-12-31/h3-6,13H,2,7-12,26H2,1H3,(H2,27,34)(H,28,29,30). The summed E-state index contributed by atoms with van der Waals surface area (Å²) in [7, 11) is 0. The number of carbonyl (C=O) groups is 1. The van der Waals surface area contributed by atoms with Gasteiger partial charge in [-0.15, -0.1) is 0 Å². The highest BCUT2D eigenvalue weighted by Gasteiger charge is 2.33. The number of amides is 1. The zero-order valence-corrected chi connectivity index (χ0v) is 18.9. The van der Waals surface area contributed by atoms with Gasteiger partial charge in [0.25, 0.3) is 11.8 Å². The maximum atomic E-state index is 13.3. The molecule has 180 valence electrons. The van der Waals surface area contributed by atoms with E-state index in [0.717, 1.165) is 24.2 Å². The Bertz CT molecular complexity index is 1270. The number of rotatable bonds is 7. The first kappa shape index (κ1) is 23.6. The monoisotopic (exact) mass is 471 g/mol. The zero-order valence-electron chi connectivity index (χ0n) is 18.9. The predicted octanol–water partition coefficient (Wildman–Crippen LogP) is 2.51. The number of piperidine rings is 1. The molecule has 1 saturated heterocycles. The number of hydrogen-bond donors (Lipinski definition) is 3. The van der Waals surface area contributed by atoms with Crippen molar-refractivity contribution in [2.75, 3.05) is 30.7 Å². The number of halogens is 2. The van der Waals surface area contributed by atoms with E-state index >= 15 is 0 Å². The third kappa shape index (κ3) is 4.84. The Labute approximate surface area is 194 Å². The van der Waals surface area contributed by atoms with Gasteiger partial charge >= 0.3 is 0 Å². The van der Waals surface area contributed by atoms with Crippen molar-refractivity contribution >= 4 is 34.4 Å². The number of hydrogen-bond acceptors (Lipinski definition) is 7. The average Bonchev–Trinajstić information content (AvgIpc) is 2.79. The first-order valence-corrected chi connectivity index (χ1v) is 11.1. The number of primary amides is 1. The van der Waals surface area contributed by atoms with Crippen molar-refractivity contribution in [3.63, 3.8) is 0 Å². The quantitative estimate of drug-likeness (QED) is 0.482. The fourth-order valence-electron chi connectivity index (χ4n) is 4.13. The minimum Gasteiger partial charge on any atom is -0.384 e. The Morgan fingerprint density at radius 3 is 2.50 bits per heavy atom. The van der Waals surface area contributed by atoms with Gasteiger partial charge in [0.1, 0.15) is 11.4 Å². The van der Waals surface area contributed by atoms with Crippen LogP contribution in [-0.4, -0.2) is 50.9 Å². The fourth-order valence-corrected chi connectivity index (χ4v) is 4.13. The summed E-state index contributed by atoms with van der Waals surface area (Å²) in [6.45, 7) is 3.76. The molecule has 0 spiro atoms. The summed E-state index contributed by atoms with van der Waals surface area (Å²) in [5.74, 6) is -3.19. The highest BCUT2D eigenvalue weighted by atomic mass is 19.3. The molecule has 34 heavy (non-hydrogen) atoms. The lowest BCUT2D eigenvalue weighted by atomic mass is 10.1. The SMILES string of the molecule is CCn1c(N)c(C(N)=O)c(=O)c2cnc(Nc3ccc(CCN4CCC(F)(F)CC4)cc3)nc21. The molecule has 0 unspecified atom stereocenters. The highest BCUT2D eigenvalue weighted by molar-refractivity contribution is 6.00. The van der Waals surface area contributed by atoms with Crippen LogP contribution in [0.15, 0.2) is 35.3 Å². The van der Waals surface area contributed by atoms with Crippen molar-refractivity contribution < 1.29 is 13.6 Å². The van der Waals surface area contributed by atoms with E-state index in [2.05, 4.69) is 20.2 Å². The summed E-state index contributed by atoms with van der Waals surface area (Å²) in [5, 5.41) is 3.26. The van der Waals surface area contributed by atoms with Crippen LogP contribution in [-0.2, 0) is 13.0 Å². The Hall–Kier alpha value is -3.60. The minimum atomic E-state index is -2.53. The average molecular weight is 472 g/mol. The summed E-state index contributed by atoms with van der Waals surface area (Å²) < 4.78 is 28.1. The van der Waals surface area contributed by atoms with Gasteiger partial charge in [-0.05, 0) is 31.0 Å². The number of pyridine rings is 1. The molecule has 1 amide bonds. The number of alkyl halides is 2. The van der Waals surface area contributed by atoms with Crippen LogP contribution in [0.1, 0.15) is 35.7 Å². The van der Waals surface area contributed by atoms with Gasteiger partial charge in [0.2, 0.25) is 11.4 Å². The molecule has 0 atom stereocenters. The molecule has 2 aromatic heterocycles. The van der Waals surface area contributed by atoms with Gasteiger partial charge < -0.3 is 26.3 Å². The molecule has 3 aromatic rings. The number of anilines is 3. The number of likely N-dealkylation sites (tertiary alicyclic amines) is 1. The third-order valence-corrected chi connectivity index (χ3v) is 6.12. The van der Waals surface area contributed by atoms with Crippen LogP contribution in [0, 0.1) is 0 Å². The Kier molecular flexibility index (Phi) is 6.47. The van der Waals surface area contributed by atoms with Gasteiger partial charge in [-0.2, -0.15) is 4.98 Å². The zero-order chi connectivity index (χ0) is 24.5. The molecule has 5 N–H and O–H groups in total. The first-order valence-electron chi connectivity index (χ1n) is 11.1. The van der Waals surface area contributed by atoms with Crippen molar-refractivity contribution in [3.8, 4) is 0 Å². The molecule has 0 saturated carbocycles. The normalized spacial score (nSPS) is 16.0. The second-order valence-electron chi connectivity index (χ2n) is 8.40. The Morgan fingerprint density at radius 1 is 1.21 bits per heavy atom. The lowest BCUT2D eigenvalue weighted by molar-refractivity contribution is -0.0548. The lowest BCUT2D eigenvalue weighted by Gasteiger charge is -2.31. The van der Waals surface area contributed by atoms with E-state index in [1.807, 2.05) is 31.2 Å². The van der Waals surface area contributed by atoms with Crippen LogP contribution in [0.5, 0.6) is 0 Å². The molecule has 11 heteroatoms. The van der Waals surface area contributed by atoms with E-state index < -0.39 is 17.3 Å². The van der Waals surface area contributed by atoms with Gasteiger partial charge in [0.15, 0.2) is 5.65 Å². The molecule has 0 bridgehead atoms. The smallest absolute Gasteiger partial charge is 0.256 e. The molecule has 1 aromatic carbocycles. The molecule has 4 rings (SSSR count). The number of aryl methyl sites for hydroxylation is 1. The number of nitrogens with zero attached hydrogens (tertiary/aromatic N) is 4. The summed E-state index contributed by atoms with van der Waals surface area (Å²) in [6.07, 6.45) is 1.95. The van der Waals surface area contributed by atoms with E-state index in [4.69, 9.17) is 11.5 Å². The maximum Gasteiger partial charge on any atom is 0.256 e. The molecule has 1 aliphatic rings. The number of fused-ring (bicyclic) bond motifs is 1. The largest absolute Gasteiger partial charge is 0.384 e. The predicted molar refractivity (Wildman–Crippen MR) is 126 cm³/mol. The van der Waals surface area contributed by atoms with Gasteiger partial charge in [-0.3, -0.25) is 9.59 Å². The van der Waals surface area contributed by atoms with Crippen LogP contribution in [0.3, 0.4) is 0 Å². The first-order chi connectivity index (χ1) is 16.2. The fraction of sp³-hybridized carbons (Fsp3) is 0.391. The molecular formula is C23H27F2N7O2. The van der Waals surface area contributed by atoms with Crippen molar-refractivity contribution in [2.24, 2.45) is 5.73 Å². The molecule has 0 radical (unpaired) electrons. The molecule has 9 nitrogen and oxygen atoms in total. The van der Waals surface area contributed by atoms with Crippen LogP contribution in [0.4, 0.5) is 26.2 Å². The Morgan fingerprint density at radius 2 is 1.88 bits per heavy atom.